The van der Waals surface area contributed by atoms with Crippen LogP contribution in [0.4, 0.5) is 0 Å². The van der Waals surface area contributed by atoms with E-state index >= 15 is 0 Å². The van der Waals surface area contributed by atoms with Crippen molar-refractivity contribution in [3.8, 4) is 0 Å². The second-order valence-electron chi connectivity index (χ2n) is 8.55. The number of ether oxygens (including phenoxy) is 2. The number of rotatable bonds is 6. The van der Waals surface area contributed by atoms with Gasteiger partial charge in [-0.2, -0.15) is 0 Å². The van der Waals surface area contributed by atoms with Crippen molar-refractivity contribution in [1.82, 2.24) is 0 Å². The van der Waals surface area contributed by atoms with Crippen molar-refractivity contribution in [1.29, 1.82) is 0 Å². The Hall–Kier alpha value is -0.580. The van der Waals surface area contributed by atoms with Gasteiger partial charge in [0.05, 0.1) is 24.4 Å². The average molecular weight is 390 g/mol. The number of aliphatic hydroxyl groups excluding tert-OH is 5. The minimum absolute atomic E-state index is 0.383. The normalized spacial score (nSPS) is 43.3. The summed E-state index contributed by atoms with van der Waals surface area (Å²) in [6.07, 6.45) is -4.63. The molecule has 1 fully saturated rings. The Bertz CT molecular complexity index is 534. The standard InChI is InChI=1S/C19H34O8/c1-10-7-12(21)8-18(3,4)19(10,25)6-5-11(2)26-17-16(24)15(23)14(22)13(9-20)27-17/h7,11-17,20-25H,5-6,8-9H2,1-4H3/t11?,12-,13+,14+,15-,16+,17-,19-/m1/s1. The van der Waals surface area contributed by atoms with Crippen molar-refractivity contribution < 1.29 is 40.1 Å². The van der Waals surface area contributed by atoms with E-state index in [0.717, 1.165) is 0 Å². The molecule has 8 nitrogen and oxygen atoms in total. The molecule has 8 heteroatoms. The van der Waals surface area contributed by atoms with Crippen LogP contribution in [0.1, 0.15) is 47.0 Å². The Morgan fingerprint density at radius 2 is 1.81 bits per heavy atom. The molecule has 0 aromatic rings. The summed E-state index contributed by atoms with van der Waals surface area (Å²) in [4.78, 5) is 0. The highest BCUT2D eigenvalue weighted by atomic mass is 16.7. The van der Waals surface area contributed by atoms with Crippen molar-refractivity contribution in [2.45, 2.75) is 95.5 Å². The molecule has 1 heterocycles. The van der Waals surface area contributed by atoms with Crippen LogP contribution >= 0.6 is 0 Å². The van der Waals surface area contributed by atoms with E-state index in [1.165, 1.54) is 0 Å². The predicted octanol–water partition coefficient (Wildman–Crippen LogP) is -0.560. The molecule has 0 saturated carbocycles. The van der Waals surface area contributed by atoms with E-state index in [2.05, 4.69) is 0 Å². The van der Waals surface area contributed by atoms with Crippen LogP contribution in [-0.4, -0.2) is 85.8 Å². The molecule has 0 aromatic carbocycles. The monoisotopic (exact) mass is 390 g/mol. The molecule has 1 aliphatic carbocycles. The Balaban J connectivity index is 1.99. The molecule has 6 N–H and O–H groups in total. The Morgan fingerprint density at radius 3 is 2.37 bits per heavy atom. The van der Waals surface area contributed by atoms with E-state index in [1.807, 2.05) is 13.8 Å². The fourth-order valence-electron chi connectivity index (χ4n) is 4.14. The SMILES string of the molecule is CC1=C[C@@H](O)CC(C)(C)[C@@]1(O)CCC(C)O[C@@H]1O[C@@H](CO)[C@H](O)[C@@H](O)[C@@H]1O. The highest BCUT2D eigenvalue weighted by Crippen LogP contribution is 2.47. The number of hydrogen-bond acceptors (Lipinski definition) is 8. The predicted molar refractivity (Wildman–Crippen MR) is 96.7 cm³/mol. The summed E-state index contributed by atoms with van der Waals surface area (Å²) in [6.45, 7) is 6.87. The van der Waals surface area contributed by atoms with E-state index in [-0.39, 0.29) is 0 Å². The van der Waals surface area contributed by atoms with Gasteiger partial charge in [-0.25, -0.2) is 0 Å². The van der Waals surface area contributed by atoms with Crippen LogP contribution in [-0.2, 0) is 9.47 Å². The van der Waals surface area contributed by atoms with Crippen molar-refractivity contribution >= 4 is 0 Å². The lowest BCUT2D eigenvalue weighted by Crippen LogP contribution is -2.59. The molecule has 0 amide bonds. The van der Waals surface area contributed by atoms with Gasteiger partial charge in [0.25, 0.3) is 0 Å². The maximum Gasteiger partial charge on any atom is 0.186 e. The van der Waals surface area contributed by atoms with Gasteiger partial charge < -0.3 is 40.1 Å². The van der Waals surface area contributed by atoms with E-state index in [9.17, 15) is 30.6 Å². The topological polar surface area (TPSA) is 140 Å². The molecule has 1 unspecified atom stereocenters. The van der Waals surface area contributed by atoms with Crippen molar-refractivity contribution in [3.63, 3.8) is 0 Å². The third-order valence-electron chi connectivity index (χ3n) is 6.06. The quantitative estimate of drug-likeness (QED) is 0.332. The molecule has 0 aromatic heterocycles. The molecular formula is C19H34O8. The smallest absolute Gasteiger partial charge is 0.186 e. The lowest BCUT2D eigenvalue weighted by molar-refractivity contribution is -0.310. The summed E-state index contributed by atoms with van der Waals surface area (Å²) in [5.74, 6) is 0. The maximum atomic E-state index is 11.2. The minimum Gasteiger partial charge on any atom is -0.394 e. The van der Waals surface area contributed by atoms with Gasteiger partial charge in [0.15, 0.2) is 6.29 Å². The Labute approximate surface area is 160 Å². The summed E-state index contributed by atoms with van der Waals surface area (Å²) < 4.78 is 11.0. The third kappa shape index (κ3) is 4.54. The molecule has 0 spiro atoms. The van der Waals surface area contributed by atoms with E-state index < -0.39 is 60.5 Å². The van der Waals surface area contributed by atoms with Gasteiger partial charge in [-0.1, -0.05) is 19.9 Å². The van der Waals surface area contributed by atoms with Crippen LogP contribution in [0, 0.1) is 5.41 Å². The van der Waals surface area contributed by atoms with Gasteiger partial charge >= 0.3 is 0 Å². The summed E-state index contributed by atoms with van der Waals surface area (Å²) in [7, 11) is 0. The molecule has 0 radical (unpaired) electrons. The fourth-order valence-corrected chi connectivity index (χ4v) is 4.14. The van der Waals surface area contributed by atoms with Gasteiger partial charge in [-0.15, -0.1) is 0 Å². The van der Waals surface area contributed by atoms with Gasteiger partial charge in [0.2, 0.25) is 0 Å². The first-order valence-electron chi connectivity index (χ1n) is 9.48. The fraction of sp³-hybridized carbons (Fsp3) is 0.895. The molecule has 1 saturated heterocycles. The molecular weight excluding hydrogens is 356 g/mol. The summed E-state index contributed by atoms with van der Waals surface area (Å²) in [6, 6.07) is 0. The largest absolute Gasteiger partial charge is 0.394 e. The molecule has 2 aliphatic rings. The summed E-state index contributed by atoms with van der Waals surface area (Å²) in [5.41, 5.74) is -0.904. The highest BCUT2D eigenvalue weighted by Gasteiger charge is 2.48. The second-order valence-corrected chi connectivity index (χ2v) is 8.55. The van der Waals surface area contributed by atoms with Crippen LogP contribution in [0.5, 0.6) is 0 Å². The summed E-state index contributed by atoms with van der Waals surface area (Å²) >= 11 is 0. The van der Waals surface area contributed by atoms with Gasteiger partial charge in [-0.3, -0.25) is 0 Å². The minimum atomic E-state index is -1.48. The van der Waals surface area contributed by atoms with E-state index in [1.54, 1.807) is 19.9 Å². The molecule has 1 aliphatic heterocycles. The first-order valence-corrected chi connectivity index (χ1v) is 9.48. The Kier molecular flexibility index (Phi) is 7.08. The van der Waals surface area contributed by atoms with Crippen LogP contribution in [0.2, 0.25) is 0 Å². The molecule has 0 bridgehead atoms. The zero-order chi connectivity index (χ0) is 20.6. The van der Waals surface area contributed by atoms with Gasteiger partial charge in [0.1, 0.15) is 24.4 Å². The van der Waals surface area contributed by atoms with Crippen LogP contribution in [0.15, 0.2) is 11.6 Å². The van der Waals surface area contributed by atoms with Crippen LogP contribution in [0.3, 0.4) is 0 Å². The van der Waals surface area contributed by atoms with Gasteiger partial charge in [-0.05, 0) is 38.7 Å². The van der Waals surface area contributed by atoms with Crippen LogP contribution < -0.4 is 0 Å². The van der Waals surface area contributed by atoms with Crippen LogP contribution in [0.25, 0.3) is 0 Å². The first-order chi connectivity index (χ1) is 12.4. The maximum absolute atomic E-state index is 11.2. The molecule has 2 rings (SSSR count). The zero-order valence-electron chi connectivity index (χ0n) is 16.4. The summed E-state index contributed by atoms with van der Waals surface area (Å²) in [5, 5.41) is 60.1. The number of aliphatic hydroxyl groups is 6. The zero-order valence-corrected chi connectivity index (χ0v) is 16.4. The van der Waals surface area contributed by atoms with Crippen molar-refractivity contribution in [2.75, 3.05) is 6.61 Å². The van der Waals surface area contributed by atoms with Crippen molar-refractivity contribution in [3.05, 3.63) is 11.6 Å². The lowest BCUT2D eigenvalue weighted by Gasteiger charge is -2.48. The second kappa shape index (κ2) is 8.42. The van der Waals surface area contributed by atoms with Crippen molar-refractivity contribution in [2.24, 2.45) is 5.41 Å². The highest BCUT2D eigenvalue weighted by molar-refractivity contribution is 5.25. The molecule has 8 atom stereocenters. The van der Waals surface area contributed by atoms with E-state index in [4.69, 9.17) is 9.47 Å². The third-order valence-corrected chi connectivity index (χ3v) is 6.06. The first kappa shape index (κ1) is 22.7. The lowest BCUT2D eigenvalue weighted by atomic mass is 9.62. The molecule has 27 heavy (non-hydrogen) atoms. The van der Waals surface area contributed by atoms with E-state index in [0.29, 0.717) is 24.8 Å². The number of hydrogen-bond donors (Lipinski definition) is 6. The average Bonchev–Trinajstić information content (AvgIpc) is 2.58. The van der Waals surface area contributed by atoms with Gasteiger partial charge in [0, 0.05) is 5.41 Å². The Morgan fingerprint density at radius 1 is 1.19 bits per heavy atom. The molecule has 158 valence electrons.